The van der Waals surface area contributed by atoms with Crippen molar-refractivity contribution in [3.8, 4) is 5.75 Å². The molecule has 1 N–H and O–H groups in total. The van der Waals surface area contributed by atoms with Crippen molar-refractivity contribution in [2.75, 3.05) is 33.8 Å². The molecule has 1 aliphatic heterocycles. The highest BCUT2D eigenvalue weighted by atomic mass is 35.5. The van der Waals surface area contributed by atoms with Crippen LogP contribution in [0, 0.1) is 0 Å². The summed E-state index contributed by atoms with van der Waals surface area (Å²) in [5, 5.41) is 2.91. The minimum absolute atomic E-state index is 0.110. The summed E-state index contributed by atoms with van der Waals surface area (Å²) < 4.78 is 5.14. The Labute approximate surface area is 196 Å². The van der Waals surface area contributed by atoms with E-state index >= 15 is 0 Å². The Balaban J connectivity index is 1.46. The molecule has 1 heterocycles. The number of imide groups is 1. The van der Waals surface area contributed by atoms with Gasteiger partial charge in [-0.15, -0.1) is 0 Å². The minimum Gasteiger partial charge on any atom is -0.497 e. The third-order valence-corrected chi connectivity index (χ3v) is 6.00. The van der Waals surface area contributed by atoms with E-state index in [0.717, 1.165) is 28.0 Å². The molecule has 0 radical (unpaired) electrons. The Morgan fingerprint density at radius 2 is 1.91 bits per heavy atom. The molecule has 32 heavy (non-hydrogen) atoms. The molecule has 0 atom stereocenters. The molecule has 0 bridgehead atoms. The zero-order valence-corrected chi connectivity index (χ0v) is 19.4. The molecule has 0 aliphatic carbocycles. The first-order chi connectivity index (χ1) is 15.4. The number of benzene rings is 2. The molecule has 9 heteroatoms. The molecule has 2 aromatic rings. The zero-order valence-electron chi connectivity index (χ0n) is 17.8. The summed E-state index contributed by atoms with van der Waals surface area (Å²) in [6, 6.07) is 14.7. The number of thioether (sulfide) groups is 1. The van der Waals surface area contributed by atoms with Gasteiger partial charge in [-0.2, -0.15) is 0 Å². The van der Waals surface area contributed by atoms with Gasteiger partial charge in [-0.25, -0.2) is 0 Å². The first-order valence-electron chi connectivity index (χ1n) is 9.95. The molecule has 1 saturated heterocycles. The topological polar surface area (TPSA) is 79.0 Å². The third kappa shape index (κ3) is 6.35. The highest BCUT2D eigenvalue weighted by Gasteiger charge is 2.34. The Bertz CT molecular complexity index is 1030. The van der Waals surface area contributed by atoms with E-state index in [4.69, 9.17) is 16.3 Å². The lowest BCUT2D eigenvalue weighted by Gasteiger charge is -2.17. The van der Waals surface area contributed by atoms with Crippen molar-refractivity contribution < 1.29 is 19.1 Å². The van der Waals surface area contributed by atoms with Gasteiger partial charge in [0.05, 0.1) is 18.6 Å². The summed E-state index contributed by atoms with van der Waals surface area (Å²) in [5.74, 6) is 0.216. The van der Waals surface area contributed by atoms with E-state index in [2.05, 4.69) is 5.32 Å². The Kier molecular flexibility index (Phi) is 8.33. The maximum absolute atomic E-state index is 12.6. The van der Waals surface area contributed by atoms with Crippen LogP contribution in [0.25, 0.3) is 6.08 Å². The molecule has 0 unspecified atom stereocenters. The molecular weight excluding hydrogens is 450 g/mol. The number of halogens is 1. The number of hydrogen-bond donors (Lipinski definition) is 1. The number of nitrogens with zero attached hydrogens (tertiary/aromatic N) is 2. The van der Waals surface area contributed by atoms with Gasteiger partial charge in [-0.3, -0.25) is 24.2 Å². The summed E-state index contributed by atoms with van der Waals surface area (Å²) in [4.78, 5) is 40.4. The van der Waals surface area contributed by atoms with Crippen LogP contribution in [0.15, 0.2) is 53.4 Å². The number of hydrogen-bond acceptors (Lipinski definition) is 6. The molecule has 1 fully saturated rings. The summed E-state index contributed by atoms with van der Waals surface area (Å²) in [7, 11) is 3.46. The number of carbonyl (C=O) groups is 3. The Morgan fingerprint density at radius 1 is 1.19 bits per heavy atom. The smallest absolute Gasteiger partial charge is 0.293 e. The van der Waals surface area contributed by atoms with E-state index in [0.29, 0.717) is 22.0 Å². The highest BCUT2D eigenvalue weighted by molar-refractivity contribution is 8.18. The molecule has 0 spiro atoms. The van der Waals surface area contributed by atoms with Crippen molar-refractivity contribution in [3.05, 3.63) is 69.6 Å². The van der Waals surface area contributed by atoms with Gasteiger partial charge in [-0.05, 0) is 54.2 Å². The van der Waals surface area contributed by atoms with Crippen LogP contribution in [-0.2, 0) is 16.1 Å². The van der Waals surface area contributed by atoms with Crippen LogP contribution in [0.2, 0.25) is 5.02 Å². The van der Waals surface area contributed by atoms with E-state index < -0.39 is 0 Å². The molecule has 0 aromatic heterocycles. The molecule has 168 valence electrons. The predicted octanol–water partition coefficient (Wildman–Crippen LogP) is 3.63. The van der Waals surface area contributed by atoms with Gasteiger partial charge in [0.25, 0.3) is 11.1 Å². The lowest BCUT2D eigenvalue weighted by molar-refractivity contribution is -0.124. The van der Waals surface area contributed by atoms with Crippen LogP contribution in [-0.4, -0.2) is 60.6 Å². The average Bonchev–Trinajstić information content (AvgIpc) is 3.03. The highest BCUT2D eigenvalue weighted by Crippen LogP contribution is 2.33. The SMILES string of the molecule is COc1ccc(CN(C)CC(=O)NCCN2C(=O)S/C(=C\c3ccccc3Cl)C2=O)cc1. The van der Waals surface area contributed by atoms with Crippen LogP contribution in [0.5, 0.6) is 5.75 Å². The van der Waals surface area contributed by atoms with Crippen molar-refractivity contribution >= 4 is 46.5 Å². The average molecular weight is 474 g/mol. The first-order valence-corrected chi connectivity index (χ1v) is 11.1. The van der Waals surface area contributed by atoms with E-state index in [1.165, 1.54) is 0 Å². The van der Waals surface area contributed by atoms with Gasteiger partial charge in [0.1, 0.15) is 5.75 Å². The maximum atomic E-state index is 12.6. The van der Waals surface area contributed by atoms with Crippen LogP contribution in [0.1, 0.15) is 11.1 Å². The standard InChI is InChI=1S/C23H24ClN3O4S/c1-26(14-16-7-9-18(31-2)10-8-16)15-21(28)25-11-12-27-22(29)20(32-23(27)30)13-17-5-3-4-6-19(17)24/h3-10,13H,11-12,14-15H2,1-2H3,(H,25,28)/b20-13-. The molecule has 1 aliphatic rings. The van der Waals surface area contributed by atoms with E-state index in [9.17, 15) is 14.4 Å². The quantitative estimate of drug-likeness (QED) is 0.560. The van der Waals surface area contributed by atoms with Gasteiger partial charge >= 0.3 is 0 Å². The zero-order chi connectivity index (χ0) is 23.1. The van der Waals surface area contributed by atoms with Crippen molar-refractivity contribution in [3.63, 3.8) is 0 Å². The number of likely N-dealkylation sites (N-methyl/N-ethyl adjacent to an activating group) is 1. The molecule has 3 rings (SSSR count). The van der Waals surface area contributed by atoms with Gasteiger partial charge in [0.15, 0.2) is 0 Å². The molecule has 0 saturated carbocycles. The van der Waals surface area contributed by atoms with E-state index in [-0.39, 0.29) is 36.7 Å². The van der Waals surface area contributed by atoms with Gasteiger partial charge in [-0.1, -0.05) is 41.9 Å². The van der Waals surface area contributed by atoms with Crippen molar-refractivity contribution in [1.82, 2.24) is 15.1 Å². The summed E-state index contributed by atoms with van der Waals surface area (Å²) in [5.41, 5.74) is 1.73. The third-order valence-electron chi connectivity index (χ3n) is 4.75. The van der Waals surface area contributed by atoms with Crippen LogP contribution < -0.4 is 10.1 Å². The second-order valence-electron chi connectivity index (χ2n) is 7.23. The van der Waals surface area contributed by atoms with Crippen molar-refractivity contribution in [2.45, 2.75) is 6.54 Å². The number of nitrogens with one attached hydrogen (secondary N) is 1. The van der Waals surface area contributed by atoms with Crippen LogP contribution in [0.3, 0.4) is 0 Å². The Hall–Kier alpha value is -2.81. The van der Waals surface area contributed by atoms with E-state index in [1.54, 1.807) is 31.4 Å². The summed E-state index contributed by atoms with van der Waals surface area (Å²) in [6.45, 7) is 1.10. The van der Waals surface area contributed by atoms with Crippen LogP contribution in [0.4, 0.5) is 4.79 Å². The number of rotatable bonds is 9. The normalized spacial score (nSPS) is 15.0. The maximum Gasteiger partial charge on any atom is 0.293 e. The number of amides is 3. The molecule has 7 nitrogen and oxygen atoms in total. The summed E-state index contributed by atoms with van der Waals surface area (Å²) in [6.07, 6.45) is 1.61. The molecule has 3 amide bonds. The van der Waals surface area contributed by atoms with Crippen molar-refractivity contribution in [2.24, 2.45) is 0 Å². The monoisotopic (exact) mass is 473 g/mol. The minimum atomic E-state index is -0.384. The second kappa shape index (κ2) is 11.2. The van der Waals surface area contributed by atoms with Crippen molar-refractivity contribution in [1.29, 1.82) is 0 Å². The van der Waals surface area contributed by atoms with Crippen LogP contribution >= 0.6 is 23.4 Å². The van der Waals surface area contributed by atoms with Gasteiger partial charge < -0.3 is 10.1 Å². The predicted molar refractivity (Wildman–Crippen MR) is 126 cm³/mol. The second-order valence-corrected chi connectivity index (χ2v) is 8.63. The number of carbonyl (C=O) groups excluding carboxylic acids is 3. The van der Waals surface area contributed by atoms with E-state index in [1.807, 2.05) is 42.3 Å². The first kappa shape index (κ1) is 23.8. The molecule has 2 aromatic carbocycles. The number of ether oxygens (including phenoxy) is 1. The fraction of sp³-hybridized carbons (Fsp3) is 0.261. The largest absolute Gasteiger partial charge is 0.497 e. The Morgan fingerprint density at radius 3 is 2.59 bits per heavy atom. The van der Waals surface area contributed by atoms with Gasteiger partial charge in [0, 0.05) is 24.7 Å². The molecular formula is C23H24ClN3O4S. The number of methoxy groups -OCH3 is 1. The lowest BCUT2D eigenvalue weighted by atomic mass is 10.2. The van der Waals surface area contributed by atoms with Gasteiger partial charge in [0.2, 0.25) is 5.91 Å². The summed E-state index contributed by atoms with van der Waals surface area (Å²) >= 11 is 7.00. The fourth-order valence-corrected chi connectivity index (χ4v) is 4.18. The fourth-order valence-electron chi connectivity index (χ4n) is 3.13. The lowest BCUT2D eigenvalue weighted by Crippen LogP contribution is -2.40.